The van der Waals surface area contributed by atoms with Crippen molar-refractivity contribution in [1.29, 1.82) is 0 Å². The molecule has 0 aromatic carbocycles. The van der Waals surface area contributed by atoms with Gasteiger partial charge in [-0.05, 0) is 18.4 Å². The van der Waals surface area contributed by atoms with E-state index in [4.69, 9.17) is 5.11 Å². The zero-order chi connectivity index (χ0) is 12.3. The van der Waals surface area contributed by atoms with Crippen molar-refractivity contribution in [2.75, 3.05) is 6.54 Å². The molecule has 16 heavy (non-hydrogen) atoms. The van der Waals surface area contributed by atoms with Crippen LogP contribution in [0.15, 0.2) is 11.8 Å². The summed E-state index contributed by atoms with van der Waals surface area (Å²) < 4.78 is 0. The van der Waals surface area contributed by atoms with Crippen molar-refractivity contribution in [2.45, 2.75) is 33.2 Å². The Bertz CT molecular complexity index is 323. The van der Waals surface area contributed by atoms with Gasteiger partial charge in [0.1, 0.15) is 0 Å². The molecule has 1 aliphatic rings. The standard InChI is InChI=1S/C11H18N2O3/c1-7(2)9-6-13(5-4-10(14)15)11(16)12-8(9)3/h6-8H,4-5H2,1-3H3,(H,12,16)(H,14,15). The number of urea groups is 1. The Kier molecular flexibility index (Phi) is 3.93. The molecule has 2 N–H and O–H groups in total. The zero-order valence-electron chi connectivity index (χ0n) is 9.86. The average Bonchev–Trinajstić information content (AvgIpc) is 2.15. The van der Waals surface area contributed by atoms with Crippen molar-refractivity contribution in [3.05, 3.63) is 11.8 Å². The Morgan fingerprint density at radius 2 is 2.25 bits per heavy atom. The Hall–Kier alpha value is -1.52. The fourth-order valence-corrected chi connectivity index (χ4v) is 1.73. The molecule has 0 saturated heterocycles. The van der Waals surface area contributed by atoms with Crippen LogP contribution in [0.1, 0.15) is 27.2 Å². The molecule has 5 nitrogen and oxygen atoms in total. The number of hydrogen-bond donors (Lipinski definition) is 2. The minimum absolute atomic E-state index is 0.0218. The largest absolute Gasteiger partial charge is 0.481 e. The second-order valence-electron chi connectivity index (χ2n) is 4.29. The van der Waals surface area contributed by atoms with E-state index in [2.05, 4.69) is 19.2 Å². The van der Waals surface area contributed by atoms with E-state index >= 15 is 0 Å². The minimum atomic E-state index is -0.897. The molecule has 90 valence electrons. The van der Waals surface area contributed by atoms with Crippen LogP contribution >= 0.6 is 0 Å². The van der Waals surface area contributed by atoms with Gasteiger partial charge in [0.05, 0.1) is 12.5 Å². The van der Waals surface area contributed by atoms with Crippen molar-refractivity contribution in [3.63, 3.8) is 0 Å². The van der Waals surface area contributed by atoms with Gasteiger partial charge >= 0.3 is 12.0 Å². The summed E-state index contributed by atoms with van der Waals surface area (Å²) in [6.07, 6.45) is 1.74. The molecular weight excluding hydrogens is 208 g/mol. The van der Waals surface area contributed by atoms with Gasteiger partial charge in [-0.25, -0.2) is 4.79 Å². The van der Waals surface area contributed by atoms with Gasteiger partial charge < -0.3 is 15.3 Å². The van der Waals surface area contributed by atoms with Gasteiger partial charge in [-0.3, -0.25) is 4.79 Å². The smallest absolute Gasteiger partial charge is 0.321 e. The summed E-state index contributed by atoms with van der Waals surface area (Å²) in [5, 5.41) is 11.4. The number of nitrogens with one attached hydrogen (secondary N) is 1. The van der Waals surface area contributed by atoms with E-state index in [0.717, 1.165) is 5.57 Å². The third-order valence-electron chi connectivity index (χ3n) is 2.64. The van der Waals surface area contributed by atoms with Crippen LogP contribution in [0.2, 0.25) is 0 Å². The molecule has 0 aromatic rings. The first-order valence-electron chi connectivity index (χ1n) is 5.42. The molecule has 2 amide bonds. The maximum absolute atomic E-state index is 11.6. The van der Waals surface area contributed by atoms with Gasteiger partial charge in [0.15, 0.2) is 0 Å². The molecule has 1 atom stereocenters. The number of nitrogens with zero attached hydrogens (tertiary/aromatic N) is 1. The Labute approximate surface area is 95.1 Å². The predicted molar refractivity (Wildman–Crippen MR) is 59.9 cm³/mol. The lowest BCUT2D eigenvalue weighted by Crippen LogP contribution is -2.48. The summed E-state index contributed by atoms with van der Waals surface area (Å²) in [6, 6.07) is -0.202. The molecule has 1 aliphatic heterocycles. The first-order chi connectivity index (χ1) is 7.41. The number of carboxylic acid groups (broad SMARTS) is 1. The van der Waals surface area contributed by atoms with Crippen LogP contribution in [-0.4, -0.2) is 34.6 Å². The van der Waals surface area contributed by atoms with E-state index in [1.807, 2.05) is 6.92 Å². The molecule has 0 aliphatic carbocycles. The highest BCUT2D eigenvalue weighted by atomic mass is 16.4. The fourth-order valence-electron chi connectivity index (χ4n) is 1.73. The molecule has 0 fully saturated rings. The summed E-state index contributed by atoms with van der Waals surface area (Å²) in [5.41, 5.74) is 1.12. The maximum atomic E-state index is 11.6. The topological polar surface area (TPSA) is 69.6 Å². The van der Waals surface area contributed by atoms with Crippen molar-refractivity contribution in [2.24, 2.45) is 5.92 Å². The van der Waals surface area contributed by atoms with E-state index < -0.39 is 5.97 Å². The van der Waals surface area contributed by atoms with Crippen LogP contribution < -0.4 is 5.32 Å². The quantitative estimate of drug-likeness (QED) is 0.761. The normalized spacial score (nSPS) is 20.8. The lowest BCUT2D eigenvalue weighted by atomic mass is 9.96. The van der Waals surface area contributed by atoms with E-state index in [0.29, 0.717) is 5.92 Å². The molecule has 0 saturated carbocycles. The Balaban J connectivity index is 2.75. The lowest BCUT2D eigenvalue weighted by molar-refractivity contribution is -0.137. The monoisotopic (exact) mass is 226 g/mol. The fraction of sp³-hybridized carbons (Fsp3) is 0.636. The van der Waals surface area contributed by atoms with Crippen molar-refractivity contribution >= 4 is 12.0 Å². The van der Waals surface area contributed by atoms with Crippen LogP contribution in [0.25, 0.3) is 0 Å². The van der Waals surface area contributed by atoms with E-state index in [1.165, 1.54) is 4.90 Å². The number of carboxylic acids is 1. The molecule has 0 radical (unpaired) electrons. The van der Waals surface area contributed by atoms with Gasteiger partial charge in [0, 0.05) is 12.7 Å². The third kappa shape index (κ3) is 2.98. The summed E-state index contributed by atoms with van der Waals surface area (Å²) in [6.45, 7) is 6.24. The van der Waals surface area contributed by atoms with E-state index in [1.54, 1.807) is 6.20 Å². The highest BCUT2D eigenvalue weighted by Gasteiger charge is 2.25. The van der Waals surface area contributed by atoms with Gasteiger partial charge in [0.2, 0.25) is 0 Å². The molecule has 0 bridgehead atoms. The Morgan fingerprint density at radius 1 is 1.62 bits per heavy atom. The highest BCUT2D eigenvalue weighted by Crippen LogP contribution is 2.19. The van der Waals surface area contributed by atoms with Gasteiger partial charge in [-0.1, -0.05) is 13.8 Å². The van der Waals surface area contributed by atoms with Gasteiger partial charge in [-0.15, -0.1) is 0 Å². The van der Waals surface area contributed by atoms with Crippen LogP contribution in [0.5, 0.6) is 0 Å². The molecule has 0 spiro atoms. The number of rotatable bonds is 4. The molecule has 5 heteroatoms. The number of carbonyl (C=O) groups excluding carboxylic acids is 1. The summed E-state index contributed by atoms with van der Waals surface area (Å²) >= 11 is 0. The van der Waals surface area contributed by atoms with E-state index in [9.17, 15) is 9.59 Å². The zero-order valence-corrected chi connectivity index (χ0v) is 9.86. The lowest BCUT2D eigenvalue weighted by Gasteiger charge is -2.31. The third-order valence-corrected chi connectivity index (χ3v) is 2.64. The summed E-state index contributed by atoms with van der Waals surface area (Å²) in [5.74, 6) is -0.561. The number of amides is 2. The molecular formula is C11H18N2O3. The van der Waals surface area contributed by atoms with E-state index in [-0.39, 0.29) is 25.0 Å². The highest BCUT2D eigenvalue weighted by molar-refractivity contribution is 5.78. The SMILES string of the molecule is CC(C)C1=CN(CCC(=O)O)C(=O)NC1C. The van der Waals surface area contributed by atoms with Crippen molar-refractivity contribution in [1.82, 2.24) is 10.2 Å². The second-order valence-corrected chi connectivity index (χ2v) is 4.29. The number of carbonyl (C=O) groups is 2. The molecule has 0 aromatic heterocycles. The van der Waals surface area contributed by atoms with Crippen molar-refractivity contribution in [3.8, 4) is 0 Å². The van der Waals surface area contributed by atoms with Crippen LogP contribution in [0.3, 0.4) is 0 Å². The number of hydrogen-bond acceptors (Lipinski definition) is 2. The molecule has 1 heterocycles. The van der Waals surface area contributed by atoms with Gasteiger partial charge in [-0.2, -0.15) is 0 Å². The predicted octanol–water partition coefficient (Wildman–Crippen LogP) is 1.41. The molecule has 1 unspecified atom stereocenters. The minimum Gasteiger partial charge on any atom is -0.481 e. The Morgan fingerprint density at radius 3 is 2.75 bits per heavy atom. The van der Waals surface area contributed by atoms with Crippen LogP contribution in [0.4, 0.5) is 4.79 Å². The van der Waals surface area contributed by atoms with Crippen LogP contribution in [0, 0.1) is 5.92 Å². The van der Waals surface area contributed by atoms with Crippen molar-refractivity contribution < 1.29 is 14.7 Å². The van der Waals surface area contributed by atoms with Crippen LogP contribution in [-0.2, 0) is 4.79 Å². The summed E-state index contributed by atoms with van der Waals surface area (Å²) in [7, 11) is 0. The molecule has 1 rings (SSSR count). The number of aliphatic carboxylic acids is 1. The first kappa shape index (κ1) is 12.5. The average molecular weight is 226 g/mol. The van der Waals surface area contributed by atoms with Gasteiger partial charge in [0.25, 0.3) is 0 Å². The first-order valence-corrected chi connectivity index (χ1v) is 5.42. The summed E-state index contributed by atoms with van der Waals surface area (Å²) in [4.78, 5) is 23.4. The maximum Gasteiger partial charge on any atom is 0.321 e. The second kappa shape index (κ2) is 5.01.